The van der Waals surface area contributed by atoms with Crippen molar-refractivity contribution < 1.29 is 0 Å². The molecule has 0 spiro atoms. The molecule has 1 N–H and O–H groups in total. The van der Waals surface area contributed by atoms with E-state index in [0.717, 1.165) is 36.3 Å². The maximum atomic E-state index is 6.32. The highest BCUT2D eigenvalue weighted by molar-refractivity contribution is 6.31. The van der Waals surface area contributed by atoms with Crippen LogP contribution in [0, 0.1) is 5.92 Å². The van der Waals surface area contributed by atoms with Gasteiger partial charge in [0.2, 0.25) is 0 Å². The molecule has 1 aliphatic heterocycles. The zero-order chi connectivity index (χ0) is 15.6. The van der Waals surface area contributed by atoms with Gasteiger partial charge in [0.15, 0.2) is 5.82 Å². The first-order valence-electron chi connectivity index (χ1n) is 7.81. The van der Waals surface area contributed by atoms with E-state index >= 15 is 0 Å². The molecule has 0 bridgehead atoms. The number of halogens is 1. The monoisotopic (exact) mass is 328 g/mol. The predicted octanol–water partition coefficient (Wildman–Crippen LogP) is 2.38. The summed E-state index contributed by atoms with van der Waals surface area (Å²) in [7, 11) is 0. The first kappa shape index (κ1) is 14.5. The van der Waals surface area contributed by atoms with Crippen molar-refractivity contribution in [1.29, 1.82) is 0 Å². The molecule has 7 heteroatoms. The quantitative estimate of drug-likeness (QED) is 0.799. The molecule has 3 aromatic heterocycles. The lowest BCUT2D eigenvalue weighted by atomic mass is 9.94. The summed E-state index contributed by atoms with van der Waals surface area (Å²) in [5.41, 5.74) is 2.67. The standard InChI is InChI=1S/C16H17ClN6/c17-13-9-20-16(12-8-21-23-5-4-19-10-15(12)23)22-14(13)6-11-2-1-3-18-7-11/h4-5,8-11,18H,1-3,6-7H2/t11-/m0/s1. The molecule has 6 nitrogen and oxygen atoms in total. The minimum absolute atomic E-state index is 0.578. The summed E-state index contributed by atoms with van der Waals surface area (Å²) in [6.07, 6.45) is 12.0. The SMILES string of the molecule is Clc1cnc(-c2cnn3ccncc23)nc1C[C@@H]1CCCNC1. The fraction of sp³-hybridized carbons (Fsp3) is 0.375. The lowest BCUT2D eigenvalue weighted by Crippen LogP contribution is -2.31. The molecule has 0 radical (unpaired) electrons. The van der Waals surface area contributed by atoms with Crippen LogP contribution in [0.5, 0.6) is 0 Å². The highest BCUT2D eigenvalue weighted by Crippen LogP contribution is 2.25. The fourth-order valence-electron chi connectivity index (χ4n) is 3.05. The van der Waals surface area contributed by atoms with Crippen molar-refractivity contribution in [1.82, 2.24) is 29.9 Å². The van der Waals surface area contributed by atoms with Gasteiger partial charge in [0.05, 0.1) is 34.2 Å². The lowest BCUT2D eigenvalue weighted by molar-refractivity contribution is 0.373. The Bertz CT molecular complexity index is 824. The molecule has 3 aromatic rings. The number of nitrogens with zero attached hydrogens (tertiary/aromatic N) is 5. The molecular formula is C16H17ClN6. The van der Waals surface area contributed by atoms with E-state index in [0.29, 0.717) is 16.8 Å². The van der Waals surface area contributed by atoms with E-state index in [9.17, 15) is 0 Å². The van der Waals surface area contributed by atoms with Crippen molar-refractivity contribution in [3.05, 3.63) is 41.7 Å². The van der Waals surface area contributed by atoms with Crippen molar-refractivity contribution in [2.24, 2.45) is 5.92 Å². The van der Waals surface area contributed by atoms with Gasteiger partial charge in [-0.2, -0.15) is 5.10 Å². The van der Waals surface area contributed by atoms with E-state index in [1.165, 1.54) is 12.8 Å². The molecule has 4 heterocycles. The van der Waals surface area contributed by atoms with Crippen LogP contribution < -0.4 is 5.32 Å². The van der Waals surface area contributed by atoms with Crippen LogP contribution in [0.15, 0.2) is 31.0 Å². The Morgan fingerprint density at radius 1 is 1.30 bits per heavy atom. The molecule has 0 saturated carbocycles. The van der Waals surface area contributed by atoms with Crippen LogP contribution in [-0.4, -0.2) is 37.7 Å². The number of aromatic nitrogens is 5. The molecular weight excluding hydrogens is 312 g/mol. The third-order valence-corrected chi connectivity index (χ3v) is 4.58. The number of piperidine rings is 1. The Kier molecular flexibility index (Phi) is 3.93. The molecule has 0 amide bonds. The van der Waals surface area contributed by atoms with Gasteiger partial charge in [-0.1, -0.05) is 11.6 Å². The normalized spacial score (nSPS) is 18.4. The molecule has 23 heavy (non-hydrogen) atoms. The van der Waals surface area contributed by atoms with Crippen molar-refractivity contribution in [2.75, 3.05) is 13.1 Å². The largest absolute Gasteiger partial charge is 0.316 e. The summed E-state index contributed by atoms with van der Waals surface area (Å²) in [5, 5.41) is 8.38. The average Bonchev–Trinajstić information content (AvgIpc) is 3.02. The van der Waals surface area contributed by atoms with Crippen molar-refractivity contribution in [3.8, 4) is 11.4 Å². The topological polar surface area (TPSA) is 68.0 Å². The maximum Gasteiger partial charge on any atom is 0.163 e. The minimum Gasteiger partial charge on any atom is -0.316 e. The summed E-state index contributed by atoms with van der Waals surface area (Å²) >= 11 is 6.32. The van der Waals surface area contributed by atoms with E-state index in [1.54, 1.807) is 29.3 Å². The Balaban J connectivity index is 1.68. The van der Waals surface area contributed by atoms with Gasteiger partial charge in [-0.05, 0) is 38.3 Å². The Labute approximate surface area is 138 Å². The second kappa shape index (κ2) is 6.22. The van der Waals surface area contributed by atoms with Gasteiger partial charge < -0.3 is 5.32 Å². The second-order valence-corrected chi connectivity index (χ2v) is 6.28. The molecule has 0 aliphatic carbocycles. The van der Waals surface area contributed by atoms with Gasteiger partial charge in [0.25, 0.3) is 0 Å². The lowest BCUT2D eigenvalue weighted by Gasteiger charge is -2.22. The molecule has 1 atom stereocenters. The molecule has 1 fully saturated rings. The predicted molar refractivity (Wildman–Crippen MR) is 88.3 cm³/mol. The third-order valence-electron chi connectivity index (χ3n) is 4.26. The van der Waals surface area contributed by atoms with Crippen LogP contribution in [0.1, 0.15) is 18.5 Å². The summed E-state index contributed by atoms with van der Waals surface area (Å²) in [4.78, 5) is 13.2. The van der Waals surface area contributed by atoms with E-state index in [-0.39, 0.29) is 0 Å². The zero-order valence-electron chi connectivity index (χ0n) is 12.6. The van der Waals surface area contributed by atoms with E-state index in [4.69, 9.17) is 16.6 Å². The third kappa shape index (κ3) is 2.92. The van der Waals surface area contributed by atoms with Gasteiger partial charge in [-0.3, -0.25) is 4.98 Å². The van der Waals surface area contributed by atoms with Crippen LogP contribution in [0.2, 0.25) is 5.02 Å². The van der Waals surface area contributed by atoms with Gasteiger partial charge in [-0.25, -0.2) is 14.5 Å². The first-order valence-corrected chi connectivity index (χ1v) is 8.19. The van der Waals surface area contributed by atoms with Gasteiger partial charge in [0.1, 0.15) is 0 Å². The Hall–Kier alpha value is -2.05. The fourth-order valence-corrected chi connectivity index (χ4v) is 3.22. The number of hydrogen-bond acceptors (Lipinski definition) is 5. The summed E-state index contributed by atoms with van der Waals surface area (Å²) in [6.45, 7) is 2.13. The van der Waals surface area contributed by atoms with E-state index in [1.807, 2.05) is 6.20 Å². The molecule has 0 aromatic carbocycles. The van der Waals surface area contributed by atoms with Crippen molar-refractivity contribution in [2.45, 2.75) is 19.3 Å². The zero-order valence-corrected chi connectivity index (χ0v) is 13.4. The van der Waals surface area contributed by atoms with E-state index in [2.05, 4.69) is 20.4 Å². The van der Waals surface area contributed by atoms with Crippen LogP contribution in [-0.2, 0) is 6.42 Å². The molecule has 1 saturated heterocycles. The van der Waals surface area contributed by atoms with Crippen LogP contribution in [0.3, 0.4) is 0 Å². The smallest absolute Gasteiger partial charge is 0.163 e. The molecule has 0 unspecified atom stereocenters. The van der Waals surface area contributed by atoms with Gasteiger partial charge >= 0.3 is 0 Å². The average molecular weight is 329 g/mol. The van der Waals surface area contributed by atoms with Gasteiger partial charge in [-0.15, -0.1) is 0 Å². The van der Waals surface area contributed by atoms with Crippen molar-refractivity contribution in [3.63, 3.8) is 0 Å². The molecule has 1 aliphatic rings. The number of fused-ring (bicyclic) bond motifs is 1. The number of nitrogens with one attached hydrogen (secondary N) is 1. The van der Waals surface area contributed by atoms with Crippen molar-refractivity contribution >= 4 is 17.1 Å². The van der Waals surface area contributed by atoms with Crippen LogP contribution in [0.4, 0.5) is 0 Å². The first-order chi connectivity index (χ1) is 11.3. The highest BCUT2D eigenvalue weighted by Gasteiger charge is 2.18. The van der Waals surface area contributed by atoms with Crippen LogP contribution >= 0.6 is 11.6 Å². The highest BCUT2D eigenvalue weighted by atomic mass is 35.5. The van der Waals surface area contributed by atoms with Gasteiger partial charge in [0, 0.05) is 18.6 Å². The maximum absolute atomic E-state index is 6.32. The summed E-state index contributed by atoms with van der Waals surface area (Å²) < 4.78 is 1.77. The molecule has 118 valence electrons. The summed E-state index contributed by atoms with van der Waals surface area (Å²) in [5.74, 6) is 1.23. The number of rotatable bonds is 3. The van der Waals surface area contributed by atoms with E-state index < -0.39 is 0 Å². The summed E-state index contributed by atoms with van der Waals surface area (Å²) in [6, 6.07) is 0. The Morgan fingerprint density at radius 3 is 3.13 bits per heavy atom. The Morgan fingerprint density at radius 2 is 2.26 bits per heavy atom. The number of hydrogen-bond donors (Lipinski definition) is 1. The van der Waals surface area contributed by atoms with Crippen LogP contribution in [0.25, 0.3) is 16.9 Å². The second-order valence-electron chi connectivity index (χ2n) is 5.87. The minimum atomic E-state index is 0.578. The molecule has 4 rings (SSSR count).